The summed E-state index contributed by atoms with van der Waals surface area (Å²) in [6, 6.07) is 0. The number of allylic oxidation sites excluding steroid dienone is 1. The average molecular weight is 221 g/mol. The molecule has 1 fully saturated rings. The predicted molar refractivity (Wildman–Crippen MR) is 50.2 cm³/mol. The minimum Gasteiger partial charge on any atom is -0.339 e. The van der Waals surface area contributed by atoms with E-state index in [0.717, 1.165) is 26.2 Å². The second kappa shape index (κ2) is 4.68. The number of carbonyl (C=O) groups is 1. The quantitative estimate of drug-likeness (QED) is 0.623. The highest BCUT2D eigenvalue weighted by Crippen LogP contribution is 2.25. The Morgan fingerprint density at radius 2 is 1.73 bits per heavy atom. The lowest BCUT2D eigenvalue weighted by atomic mass is 10.1. The minimum atomic E-state index is -4.40. The van der Waals surface area contributed by atoms with Crippen molar-refractivity contribution in [3.63, 3.8) is 0 Å². The van der Waals surface area contributed by atoms with Gasteiger partial charge in [-0.1, -0.05) is 0 Å². The number of carbonyl (C=O) groups excluding carboxylic acids is 1. The summed E-state index contributed by atoms with van der Waals surface area (Å²) in [6.07, 6.45) is -0.905. The van der Waals surface area contributed by atoms with Gasteiger partial charge in [0.25, 0.3) is 0 Å². The van der Waals surface area contributed by atoms with Crippen LogP contribution in [0.3, 0.4) is 0 Å². The molecular weight excluding hydrogens is 207 g/mol. The normalized spacial score (nSPS) is 19.2. The predicted octanol–water partition coefficient (Wildman–Crippen LogP) is 2.51. The van der Waals surface area contributed by atoms with E-state index < -0.39 is 17.7 Å². The molecule has 1 amide bonds. The average Bonchev–Trinajstić information content (AvgIpc) is 2.17. The first kappa shape index (κ1) is 12.1. The summed E-state index contributed by atoms with van der Waals surface area (Å²) in [4.78, 5) is 12.9. The van der Waals surface area contributed by atoms with E-state index in [2.05, 4.69) is 0 Å². The van der Waals surface area contributed by atoms with Crippen molar-refractivity contribution in [1.82, 2.24) is 4.90 Å². The van der Waals surface area contributed by atoms with Crippen LogP contribution >= 0.6 is 0 Å². The zero-order valence-electron chi connectivity index (χ0n) is 8.60. The molecule has 86 valence electrons. The molecular formula is C10H14F3NO. The second-order valence-electron chi connectivity index (χ2n) is 3.71. The van der Waals surface area contributed by atoms with Gasteiger partial charge in [0, 0.05) is 24.7 Å². The van der Waals surface area contributed by atoms with Crippen LogP contribution in [0.4, 0.5) is 13.2 Å². The van der Waals surface area contributed by atoms with E-state index in [1.54, 1.807) is 0 Å². The molecule has 0 bridgehead atoms. The van der Waals surface area contributed by atoms with Crippen LogP contribution in [0.15, 0.2) is 11.6 Å². The summed E-state index contributed by atoms with van der Waals surface area (Å²) in [7, 11) is 0. The Labute approximate surface area is 86.7 Å². The molecule has 0 radical (unpaired) electrons. The molecule has 0 aliphatic carbocycles. The standard InChI is InChI=1S/C10H14F3NO/c1-8(10(11,12)13)7-9(15)14-5-3-2-4-6-14/h7H,2-6H2,1H3/b8-7+. The molecule has 0 aromatic carbocycles. The van der Waals surface area contributed by atoms with Crippen molar-refractivity contribution < 1.29 is 18.0 Å². The molecule has 1 aliphatic rings. The van der Waals surface area contributed by atoms with Crippen molar-refractivity contribution in [2.45, 2.75) is 32.4 Å². The number of alkyl halides is 3. The Morgan fingerprint density at radius 1 is 1.20 bits per heavy atom. The first-order valence-electron chi connectivity index (χ1n) is 4.95. The number of likely N-dealkylation sites (tertiary alicyclic amines) is 1. The number of hydrogen-bond acceptors (Lipinski definition) is 1. The summed E-state index contributed by atoms with van der Waals surface area (Å²) >= 11 is 0. The lowest BCUT2D eigenvalue weighted by Crippen LogP contribution is -2.35. The SMILES string of the molecule is C/C(=C\C(=O)N1CCCCC1)C(F)(F)F. The van der Waals surface area contributed by atoms with Crippen molar-refractivity contribution in [2.75, 3.05) is 13.1 Å². The first-order chi connectivity index (χ1) is 6.91. The van der Waals surface area contributed by atoms with Crippen molar-refractivity contribution in [3.8, 4) is 0 Å². The number of nitrogens with zero attached hydrogens (tertiary/aromatic N) is 1. The number of halogens is 3. The molecule has 5 heteroatoms. The fourth-order valence-electron chi connectivity index (χ4n) is 1.47. The van der Waals surface area contributed by atoms with Crippen LogP contribution in [0.5, 0.6) is 0 Å². The number of amides is 1. The number of hydrogen-bond donors (Lipinski definition) is 0. The summed E-state index contributed by atoms with van der Waals surface area (Å²) < 4.78 is 36.4. The highest BCUT2D eigenvalue weighted by molar-refractivity contribution is 5.88. The molecule has 0 aromatic rings. The van der Waals surface area contributed by atoms with Gasteiger partial charge >= 0.3 is 6.18 Å². The van der Waals surface area contributed by atoms with E-state index in [1.807, 2.05) is 0 Å². The lowest BCUT2D eigenvalue weighted by Gasteiger charge is -2.25. The Kier molecular flexibility index (Phi) is 3.77. The topological polar surface area (TPSA) is 20.3 Å². The Morgan fingerprint density at radius 3 is 2.20 bits per heavy atom. The molecule has 0 aromatic heterocycles. The molecule has 0 unspecified atom stereocenters. The number of rotatable bonds is 1. The monoisotopic (exact) mass is 221 g/mol. The van der Waals surface area contributed by atoms with Crippen molar-refractivity contribution in [2.24, 2.45) is 0 Å². The van der Waals surface area contributed by atoms with E-state index in [9.17, 15) is 18.0 Å². The maximum atomic E-state index is 12.1. The van der Waals surface area contributed by atoms with Crippen LogP contribution in [0, 0.1) is 0 Å². The van der Waals surface area contributed by atoms with E-state index in [-0.39, 0.29) is 0 Å². The molecule has 0 saturated carbocycles. The lowest BCUT2D eigenvalue weighted by molar-refractivity contribution is -0.128. The maximum Gasteiger partial charge on any atom is 0.412 e. The molecule has 0 N–H and O–H groups in total. The second-order valence-corrected chi connectivity index (χ2v) is 3.71. The van der Waals surface area contributed by atoms with Crippen molar-refractivity contribution in [3.05, 3.63) is 11.6 Å². The molecule has 2 nitrogen and oxygen atoms in total. The third kappa shape index (κ3) is 3.57. The Hall–Kier alpha value is -1.00. The molecule has 15 heavy (non-hydrogen) atoms. The van der Waals surface area contributed by atoms with Crippen molar-refractivity contribution in [1.29, 1.82) is 0 Å². The molecule has 1 aliphatic heterocycles. The zero-order chi connectivity index (χ0) is 11.5. The number of piperidine rings is 1. The Balaban J connectivity index is 2.60. The van der Waals surface area contributed by atoms with Gasteiger partial charge in [0.15, 0.2) is 0 Å². The van der Waals surface area contributed by atoms with Crippen molar-refractivity contribution >= 4 is 5.91 Å². The summed E-state index contributed by atoms with van der Waals surface area (Å²) in [5, 5.41) is 0. The molecule has 1 saturated heterocycles. The minimum absolute atomic E-state index is 0.524. The van der Waals surface area contributed by atoms with Crippen LogP contribution in [-0.2, 0) is 4.79 Å². The third-order valence-corrected chi connectivity index (χ3v) is 2.45. The van der Waals surface area contributed by atoms with Crippen LogP contribution < -0.4 is 0 Å². The highest BCUT2D eigenvalue weighted by atomic mass is 19.4. The van der Waals surface area contributed by atoms with Crippen LogP contribution in [0.25, 0.3) is 0 Å². The Bertz CT molecular complexity index is 264. The first-order valence-corrected chi connectivity index (χ1v) is 4.95. The maximum absolute atomic E-state index is 12.1. The van der Waals surface area contributed by atoms with Gasteiger partial charge in [0.1, 0.15) is 0 Å². The van der Waals surface area contributed by atoms with E-state index in [4.69, 9.17) is 0 Å². The largest absolute Gasteiger partial charge is 0.412 e. The molecule has 1 rings (SSSR count). The summed E-state index contributed by atoms with van der Waals surface area (Å²) in [6.45, 7) is 2.06. The highest BCUT2D eigenvalue weighted by Gasteiger charge is 2.31. The summed E-state index contributed by atoms with van der Waals surface area (Å²) in [5.41, 5.74) is -0.835. The van der Waals surface area contributed by atoms with Crippen LogP contribution in [0.1, 0.15) is 26.2 Å². The molecule has 0 spiro atoms. The fraction of sp³-hybridized carbons (Fsp3) is 0.700. The van der Waals surface area contributed by atoms with Crippen LogP contribution in [0.2, 0.25) is 0 Å². The third-order valence-electron chi connectivity index (χ3n) is 2.45. The van der Waals surface area contributed by atoms with E-state index >= 15 is 0 Å². The molecule has 0 atom stereocenters. The van der Waals surface area contributed by atoms with Gasteiger partial charge < -0.3 is 4.90 Å². The van der Waals surface area contributed by atoms with Gasteiger partial charge in [-0.25, -0.2) is 0 Å². The molecule has 1 heterocycles. The van der Waals surface area contributed by atoms with Gasteiger partial charge in [-0.2, -0.15) is 13.2 Å². The smallest absolute Gasteiger partial charge is 0.339 e. The van der Waals surface area contributed by atoms with E-state index in [1.165, 1.54) is 4.90 Å². The fourth-order valence-corrected chi connectivity index (χ4v) is 1.47. The van der Waals surface area contributed by atoms with Gasteiger partial charge in [-0.05, 0) is 26.2 Å². The van der Waals surface area contributed by atoms with Gasteiger partial charge in [-0.3, -0.25) is 4.79 Å². The van der Waals surface area contributed by atoms with Gasteiger partial charge in [-0.15, -0.1) is 0 Å². The van der Waals surface area contributed by atoms with E-state index in [0.29, 0.717) is 19.2 Å². The van der Waals surface area contributed by atoms with Gasteiger partial charge in [0.05, 0.1) is 0 Å². The summed E-state index contributed by atoms with van der Waals surface area (Å²) in [5.74, 6) is -0.524. The van der Waals surface area contributed by atoms with Crippen LogP contribution in [-0.4, -0.2) is 30.1 Å². The zero-order valence-corrected chi connectivity index (χ0v) is 8.60. The van der Waals surface area contributed by atoms with Gasteiger partial charge in [0.2, 0.25) is 5.91 Å².